The van der Waals surface area contributed by atoms with Crippen LogP contribution in [0.2, 0.25) is 0 Å². The van der Waals surface area contributed by atoms with Crippen LogP contribution < -0.4 is 5.32 Å². The van der Waals surface area contributed by atoms with E-state index in [0.717, 1.165) is 17.6 Å². The highest BCUT2D eigenvalue weighted by Crippen LogP contribution is 2.22. The van der Waals surface area contributed by atoms with Crippen LogP contribution >= 0.6 is 11.8 Å². The molecule has 1 aromatic carbocycles. The first-order valence-electron chi connectivity index (χ1n) is 4.04. The Labute approximate surface area is 79.5 Å². The molecule has 1 saturated heterocycles. The Balaban J connectivity index is 2.10. The van der Waals surface area contributed by atoms with Gasteiger partial charge in [-0.2, -0.15) is 11.8 Å². The summed E-state index contributed by atoms with van der Waals surface area (Å²) in [5, 5.41) is 3.06. The highest BCUT2D eigenvalue weighted by Gasteiger charge is 2.17. The van der Waals surface area contributed by atoms with Gasteiger partial charge in [0.25, 0.3) is 0 Å². The molecule has 1 N–H and O–H groups in total. The van der Waals surface area contributed by atoms with Crippen LogP contribution in [-0.4, -0.2) is 17.5 Å². The van der Waals surface area contributed by atoms with E-state index >= 15 is 0 Å². The summed E-state index contributed by atoms with van der Waals surface area (Å²) in [6.07, 6.45) is 0. The zero-order valence-corrected chi connectivity index (χ0v) is 7.70. The Kier molecular flexibility index (Phi) is 2.40. The quantitative estimate of drug-likeness (QED) is 0.789. The maximum atomic E-state index is 12.7. The smallest absolute Gasteiger partial charge is 0.128 e. The van der Waals surface area contributed by atoms with Crippen molar-refractivity contribution in [2.24, 2.45) is 0 Å². The van der Waals surface area contributed by atoms with E-state index in [2.05, 4.69) is 5.32 Å². The zero-order valence-electron chi connectivity index (χ0n) is 6.89. The Morgan fingerprint density at radius 3 is 2.23 bits per heavy atom. The molecule has 0 saturated carbocycles. The number of thioether (sulfide) groups is 1. The summed E-state index contributed by atoms with van der Waals surface area (Å²) in [5.41, 5.74) is 0.530. The van der Waals surface area contributed by atoms with Gasteiger partial charge >= 0.3 is 0 Å². The lowest BCUT2D eigenvalue weighted by atomic mass is 10.2. The standard InChI is InChI=1S/C9H9F2NS/c10-6-1-7(11)3-8(2-6)12-9-4-13-5-9/h1-3,9,12H,4-5H2. The molecular weight excluding hydrogens is 192 g/mol. The maximum absolute atomic E-state index is 12.7. The van der Waals surface area contributed by atoms with Crippen LogP contribution in [0, 0.1) is 11.6 Å². The van der Waals surface area contributed by atoms with E-state index in [0.29, 0.717) is 11.7 Å². The van der Waals surface area contributed by atoms with Crippen molar-refractivity contribution in [3.05, 3.63) is 29.8 Å². The van der Waals surface area contributed by atoms with Crippen molar-refractivity contribution < 1.29 is 8.78 Å². The van der Waals surface area contributed by atoms with Gasteiger partial charge in [-0.15, -0.1) is 0 Å². The first kappa shape index (κ1) is 8.81. The summed E-state index contributed by atoms with van der Waals surface area (Å²) >= 11 is 1.82. The highest BCUT2D eigenvalue weighted by molar-refractivity contribution is 8.00. The molecule has 0 atom stereocenters. The minimum absolute atomic E-state index is 0.367. The fourth-order valence-electron chi connectivity index (χ4n) is 1.19. The molecule has 70 valence electrons. The van der Waals surface area contributed by atoms with Crippen molar-refractivity contribution in [3.8, 4) is 0 Å². The van der Waals surface area contributed by atoms with Gasteiger partial charge < -0.3 is 5.32 Å². The Morgan fingerprint density at radius 1 is 1.15 bits per heavy atom. The fraction of sp³-hybridized carbons (Fsp3) is 0.333. The van der Waals surface area contributed by atoms with E-state index in [9.17, 15) is 8.78 Å². The first-order chi connectivity index (χ1) is 6.24. The Morgan fingerprint density at radius 2 is 1.77 bits per heavy atom. The molecule has 1 nitrogen and oxygen atoms in total. The highest BCUT2D eigenvalue weighted by atomic mass is 32.2. The van der Waals surface area contributed by atoms with E-state index in [4.69, 9.17) is 0 Å². The lowest BCUT2D eigenvalue weighted by Gasteiger charge is -2.26. The molecule has 0 bridgehead atoms. The maximum Gasteiger partial charge on any atom is 0.128 e. The SMILES string of the molecule is Fc1cc(F)cc(NC2CSC2)c1. The summed E-state index contributed by atoms with van der Waals surface area (Å²) in [6.45, 7) is 0. The molecule has 0 amide bonds. The van der Waals surface area contributed by atoms with Gasteiger partial charge in [-0.25, -0.2) is 8.78 Å². The molecule has 1 fully saturated rings. The number of halogens is 2. The van der Waals surface area contributed by atoms with E-state index in [1.54, 1.807) is 0 Å². The van der Waals surface area contributed by atoms with Crippen LogP contribution in [0.5, 0.6) is 0 Å². The molecule has 0 unspecified atom stereocenters. The van der Waals surface area contributed by atoms with Crippen molar-refractivity contribution in [1.29, 1.82) is 0 Å². The van der Waals surface area contributed by atoms with Crippen LogP contribution in [0.15, 0.2) is 18.2 Å². The lowest BCUT2D eigenvalue weighted by Crippen LogP contribution is -2.33. The van der Waals surface area contributed by atoms with Gasteiger partial charge in [0.15, 0.2) is 0 Å². The van der Waals surface area contributed by atoms with Crippen molar-refractivity contribution in [3.63, 3.8) is 0 Å². The normalized spacial score (nSPS) is 16.8. The van der Waals surface area contributed by atoms with Crippen LogP contribution in [0.3, 0.4) is 0 Å². The Bertz CT molecular complexity index is 292. The van der Waals surface area contributed by atoms with Gasteiger partial charge in [-0.05, 0) is 12.1 Å². The molecule has 0 aliphatic carbocycles. The van der Waals surface area contributed by atoms with Crippen LogP contribution in [0.25, 0.3) is 0 Å². The third-order valence-electron chi connectivity index (χ3n) is 1.87. The van der Waals surface area contributed by atoms with Gasteiger partial charge in [0.05, 0.1) is 0 Å². The van der Waals surface area contributed by atoms with E-state index in [1.807, 2.05) is 11.8 Å². The second-order valence-electron chi connectivity index (χ2n) is 3.04. The van der Waals surface area contributed by atoms with Gasteiger partial charge in [-0.3, -0.25) is 0 Å². The molecule has 1 heterocycles. The third kappa shape index (κ3) is 2.12. The van der Waals surface area contributed by atoms with Crippen LogP contribution in [0.4, 0.5) is 14.5 Å². The number of hydrogen-bond acceptors (Lipinski definition) is 2. The summed E-state index contributed by atoms with van der Waals surface area (Å²) < 4.78 is 25.4. The predicted octanol–water partition coefficient (Wildman–Crippen LogP) is 2.49. The van der Waals surface area contributed by atoms with Gasteiger partial charge in [0, 0.05) is 29.3 Å². The van der Waals surface area contributed by atoms with Crippen molar-refractivity contribution in [2.45, 2.75) is 6.04 Å². The number of hydrogen-bond donors (Lipinski definition) is 1. The third-order valence-corrected chi connectivity index (χ3v) is 3.15. The fourth-order valence-corrected chi connectivity index (χ4v) is 1.83. The average molecular weight is 201 g/mol. The van der Waals surface area contributed by atoms with Gasteiger partial charge in [0.1, 0.15) is 11.6 Å². The summed E-state index contributed by atoms with van der Waals surface area (Å²) in [7, 11) is 0. The number of nitrogens with one attached hydrogen (secondary N) is 1. The largest absolute Gasteiger partial charge is 0.380 e. The van der Waals surface area contributed by atoms with Crippen molar-refractivity contribution in [1.82, 2.24) is 0 Å². The minimum Gasteiger partial charge on any atom is -0.380 e. The molecular formula is C9H9F2NS. The zero-order chi connectivity index (χ0) is 9.26. The second-order valence-corrected chi connectivity index (χ2v) is 4.11. The Hall–Kier alpha value is -0.770. The summed E-state index contributed by atoms with van der Waals surface area (Å²) in [6, 6.07) is 3.87. The van der Waals surface area contributed by atoms with Crippen LogP contribution in [-0.2, 0) is 0 Å². The predicted molar refractivity (Wildman–Crippen MR) is 51.1 cm³/mol. The molecule has 2 rings (SSSR count). The number of benzene rings is 1. The summed E-state index contributed by atoms with van der Waals surface area (Å²) in [5.74, 6) is 0.958. The van der Waals surface area contributed by atoms with E-state index < -0.39 is 11.6 Å². The molecule has 0 radical (unpaired) electrons. The molecule has 1 aromatic rings. The molecule has 1 aliphatic heterocycles. The van der Waals surface area contributed by atoms with Gasteiger partial charge in [0.2, 0.25) is 0 Å². The van der Waals surface area contributed by atoms with E-state index in [1.165, 1.54) is 12.1 Å². The van der Waals surface area contributed by atoms with Crippen LogP contribution in [0.1, 0.15) is 0 Å². The molecule has 0 aromatic heterocycles. The topological polar surface area (TPSA) is 12.0 Å². The second kappa shape index (κ2) is 3.54. The molecule has 4 heteroatoms. The molecule has 0 spiro atoms. The van der Waals surface area contributed by atoms with Crippen molar-refractivity contribution in [2.75, 3.05) is 16.8 Å². The van der Waals surface area contributed by atoms with Crippen molar-refractivity contribution >= 4 is 17.4 Å². The number of rotatable bonds is 2. The molecule has 1 aliphatic rings. The number of anilines is 1. The summed E-state index contributed by atoms with van der Waals surface area (Å²) in [4.78, 5) is 0. The average Bonchev–Trinajstić information content (AvgIpc) is 1.95. The minimum atomic E-state index is -0.533. The van der Waals surface area contributed by atoms with Gasteiger partial charge in [-0.1, -0.05) is 0 Å². The molecule has 13 heavy (non-hydrogen) atoms. The van der Waals surface area contributed by atoms with E-state index in [-0.39, 0.29) is 0 Å². The first-order valence-corrected chi connectivity index (χ1v) is 5.20. The monoisotopic (exact) mass is 201 g/mol. The lowest BCUT2D eigenvalue weighted by molar-refractivity contribution is 0.583.